The fraction of sp³-hybridized carbons (Fsp3) is 0.280. The lowest BCUT2D eigenvalue weighted by atomic mass is 10.1. The van der Waals surface area contributed by atoms with E-state index in [4.69, 9.17) is 4.98 Å². The molecule has 2 heterocycles. The van der Waals surface area contributed by atoms with Gasteiger partial charge in [-0.15, -0.1) is 0 Å². The van der Waals surface area contributed by atoms with E-state index >= 15 is 0 Å². The number of rotatable bonds is 5. The highest BCUT2D eigenvalue weighted by molar-refractivity contribution is 6.03. The second-order valence-corrected chi connectivity index (χ2v) is 7.68. The van der Waals surface area contributed by atoms with Gasteiger partial charge in [0.25, 0.3) is 0 Å². The Hall–Kier alpha value is -3.18. The van der Waals surface area contributed by atoms with Gasteiger partial charge in [0.15, 0.2) is 0 Å². The number of carbonyl (C=O) groups is 1. The normalized spacial score (nSPS) is 15.1. The van der Waals surface area contributed by atoms with Crippen molar-refractivity contribution in [3.8, 4) is 0 Å². The van der Waals surface area contributed by atoms with Crippen molar-refractivity contribution in [1.29, 1.82) is 0 Å². The molecule has 0 saturated carbocycles. The summed E-state index contributed by atoms with van der Waals surface area (Å²) >= 11 is 0. The van der Waals surface area contributed by atoms with Crippen molar-refractivity contribution in [2.24, 2.45) is 0 Å². The molecule has 0 unspecified atom stereocenters. The van der Waals surface area contributed by atoms with E-state index in [1.165, 1.54) is 5.56 Å². The van der Waals surface area contributed by atoms with Crippen molar-refractivity contribution in [1.82, 2.24) is 9.88 Å². The third-order valence-electron chi connectivity index (χ3n) is 5.64. The largest absolute Gasteiger partial charge is 0.354 e. The average molecular weight is 401 g/mol. The Kier molecular flexibility index (Phi) is 6.10. The van der Waals surface area contributed by atoms with Crippen LogP contribution >= 0.6 is 0 Å². The maximum absolute atomic E-state index is 12.3. The van der Waals surface area contributed by atoms with Crippen LogP contribution in [-0.4, -0.2) is 48.5 Å². The van der Waals surface area contributed by atoms with E-state index in [0.717, 1.165) is 60.7 Å². The number of likely N-dealkylation sites (N-methyl/N-ethyl adjacent to an activating group) is 1. The number of fused-ring (bicyclic) bond motifs is 1. The van der Waals surface area contributed by atoms with Gasteiger partial charge in [-0.2, -0.15) is 0 Å². The number of hydrogen-bond donors (Lipinski definition) is 1. The number of nitrogens with one attached hydrogen (secondary N) is 1. The maximum Gasteiger partial charge on any atom is 0.248 e. The molecule has 0 spiro atoms. The van der Waals surface area contributed by atoms with Gasteiger partial charge in [0.05, 0.1) is 5.52 Å². The Bertz CT molecular complexity index is 1050. The van der Waals surface area contributed by atoms with Crippen LogP contribution in [0.2, 0.25) is 0 Å². The molecule has 5 heteroatoms. The number of hydrogen-bond acceptors (Lipinski definition) is 4. The van der Waals surface area contributed by atoms with Crippen molar-refractivity contribution in [2.45, 2.75) is 13.8 Å². The van der Waals surface area contributed by atoms with Gasteiger partial charge in [-0.05, 0) is 54.9 Å². The number of carbonyl (C=O) groups excluding carboxylic acids is 1. The number of pyridine rings is 1. The van der Waals surface area contributed by atoms with Crippen LogP contribution in [0.5, 0.6) is 0 Å². The predicted octanol–water partition coefficient (Wildman–Crippen LogP) is 4.34. The van der Waals surface area contributed by atoms with Crippen molar-refractivity contribution in [3.05, 3.63) is 71.8 Å². The molecule has 0 radical (unpaired) electrons. The van der Waals surface area contributed by atoms with Gasteiger partial charge in [-0.25, -0.2) is 4.98 Å². The van der Waals surface area contributed by atoms with Gasteiger partial charge in [-0.3, -0.25) is 4.79 Å². The maximum atomic E-state index is 12.3. The zero-order chi connectivity index (χ0) is 20.9. The lowest BCUT2D eigenvalue weighted by molar-refractivity contribution is -0.111. The minimum absolute atomic E-state index is 0.144. The van der Waals surface area contributed by atoms with E-state index in [1.54, 1.807) is 6.08 Å². The molecule has 1 fully saturated rings. The van der Waals surface area contributed by atoms with Crippen LogP contribution in [0.1, 0.15) is 18.1 Å². The highest BCUT2D eigenvalue weighted by Crippen LogP contribution is 2.26. The number of aromatic nitrogens is 1. The van der Waals surface area contributed by atoms with Crippen molar-refractivity contribution in [2.75, 3.05) is 42.9 Å². The van der Waals surface area contributed by atoms with E-state index in [-0.39, 0.29) is 5.91 Å². The molecule has 1 saturated heterocycles. The number of benzene rings is 2. The van der Waals surface area contributed by atoms with Gasteiger partial charge in [0, 0.05) is 43.3 Å². The van der Waals surface area contributed by atoms with Gasteiger partial charge >= 0.3 is 0 Å². The average Bonchev–Trinajstić information content (AvgIpc) is 2.79. The molecular weight excluding hydrogens is 372 g/mol. The minimum atomic E-state index is -0.144. The van der Waals surface area contributed by atoms with Crippen LogP contribution < -0.4 is 10.2 Å². The first-order chi connectivity index (χ1) is 14.6. The molecule has 0 atom stereocenters. The quantitative estimate of drug-likeness (QED) is 0.648. The number of piperazine rings is 1. The van der Waals surface area contributed by atoms with Crippen LogP contribution in [0.25, 0.3) is 17.0 Å². The molecule has 30 heavy (non-hydrogen) atoms. The summed E-state index contributed by atoms with van der Waals surface area (Å²) in [4.78, 5) is 22.0. The van der Waals surface area contributed by atoms with Crippen LogP contribution in [0.15, 0.2) is 60.7 Å². The molecule has 0 aliphatic carbocycles. The second-order valence-electron chi connectivity index (χ2n) is 7.68. The fourth-order valence-electron chi connectivity index (χ4n) is 3.83. The summed E-state index contributed by atoms with van der Waals surface area (Å²) in [5.74, 6) is 0.896. The molecule has 1 aliphatic rings. The Balaban J connectivity index is 1.48. The highest BCUT2D eigenvalue weighted by atomic mass is 16.1. The molecule has 154 valence electrons. The molecule has 0 bridgehead atoms. The summed E-state index contributed by atoms with van der Waals surface area (Å²) in [5.41, 5.74) is 3.91. The van der Waals surface area contributed by atoms with Crippen LogP contribution in [0.4, 0.5) is 11.5 Å². The molecule has 5 nitrogen and oxygen atoms in total. The highest BCUT2D eigenvalue weighted by Gasteiger charge is 2.17. The lowest BCUT2D eigenvalue weighted by Crippen LogP contribution is -2.46. The van der Waals surface area contributed by atoms with Crippen LogP contribution in [0, 0.1) is 6.92 Å². The molecule has 1 aliphatic heterocycles. The van der Waals surface area contributed by atoms with Gasteiger partial charge in [0.2, 0.25) is 5.91 Å². The molecule has 4 rings (SSSR count). The zero-order valence-corrected chi connectivity index (χ0v) is 17.6. The Morgan fingerprint density at radius 1 is 1.07 bits per heavy atom. The topological polar surface area (TPSA) is 48.5 Å². The van der Waals surface area contributed by atoms with Crippen molar-refractivity contribution in [3.63, 3.8) is 0 Å². The number of amides is 1. The van der Waals surface area contributed by atoms with Gasteiger partial charge in [-0.1, -0.05) is 37.3 Å². The van der Waals surface area contributed by atoms with E-state index in [2.05, 4.69) is 35.0 Å². The number of nitrogens with zero attached hydrogens (tertiary/aromatic N) is 3. The molecule has 2 aromatic carbocycles. The predicted molar refractivity (Wildman–Crippen MR) is 125 cm³/mol. The smallest absolute Gasteiger partial charge is 0.248 e. The van der Waals surface area contributed by atoms with E-state index in [1.807, 2.05) is 54.6 Å². The molecule has 1 N–H and O–H groups in total. The minimum Gasteiger partial charge on any atom is -0.354 e. The van der Waals surface area contributed by atoms with Crippen molar-refractivity contribution >= 4 is 34.4 Å². The molecule has 1 aromatic heterocycles. The van der Waals surface area contributed by atoms with Crippen LogP contribution in [0.3, 0.4) is 0 Å². The zero-order valence-electron chi connectivity index (χ0n) is 17.6. The van der Waals surface area contributed by atoms with E-state index < -0.39 is 0 Å². The Morgan fingerprint density at radius 3 is 2.57 bits per heavy atom. The Morgan fingerprint density at radius 2 is 1.83 bits per heavy atom. The fourth-order valence-corrected chi connectivity index (χ4v) is 3.83. The third kappa shape index (κ3) is 4.69. The second kappa shape index (κ2) is 9.09. The van der Waals surface area contributed by atoms with Gasteiger partial charge in [0.1, 0.15) is 5.82 Å². The van der Waals surface area contributed by atoms with Crippen LogP contribution in [-0.2, 0) is 4.79 Å². The summed E-state index contributed by atoms with van der Waals surface area (Å²) < 4.78 is 0. The monoisotopic (exact) mass is 400 g/mol. The SMILES string of the molecule is CCN1CCN(c2cc(C)c3cc(NC(=O)/C=C/c4ccccc4)ccc3n2)CC1. The first kappa shape index (κ1) is 20.1. The summed E-state index contributed by atoms with van der Waals surface area (Å²) in [5, 5.41) is 4.02. The van der Waals surface area contributed by atoms with Crippen molar-refractivity contribution < 1.29 is 4.79 Å². The Labute approximate surface area is 178 Å². The lowest BCUT2D eigenvalue weighted by Gasteiger charge is -2.35. The summed E-state index contributed by atoms with van der Waals surface area (Å²) in [6.45, 7) is 9.60. The summed E-state index contributed by atoms with van der Waals surface area (Å²) in [7, 11) is 0. The molecular formula is C25H28N4O. The first-order valence-electron chi connectivity index (χ1n) is 10.5. The van der Waals surface area contributed by atoms with Gasteiger partial charge < -0.3 is 15.1 Å². The first-order valence-corrected chi connectivity index (χ1v) is 10.5. The summed E-state index contributed by atoms with van der Waals surface area (Å²) in [6.07, 6.45) is 3.37. The summed E-state index contributed by atoms with van der Waals surface area (Å²) in [6, 6.07) is 17.9. The molecule has 1 amide bonds. The number of anilines is 2. The number of aryl methyl sites for hydroxylation is 1. The standard InChI is InChI=1S/C25H28N4O/c1-3-28-13-15-29(16-14-28)24-17-19(2)22-18-21(10-11-23(22)27-24)26-25(30)12-9-20-7-5-4-6-8-20/h4-12,17-18H,3,13-16H2,1-2H3,(H,26,30)/b12-9+. The van der Waals surface area contributed by atoms with E-state index in [9.17, 15) is 4.79 Å². The van der Waals surface area contributed by atoms with E-state index in [0.29, 0.717) is 0 Å². The molecule has 3 aromatic rings. The third-order valence-corrected chi connectivity index (χ3v) is 5.64.